The zero-order valence-electron chi connectivity index (χ0n) is 33.2. The first-order valence-corrected chi connectivity index (χ1v) is 19.7. The van der Waals surface area contributed by atoms with Gasteiger partial charge in [0.25, 0.3) is 11.8 Å². The molecule has 0 atom stereocenters. The highest BCUT2D eigenvalue weighted by Crippen LogP contribution is 2.36. The molecule has 2 aromatic heterocycles. The number of rotatable bonds is 10. The largest absolute Gasteiger partial charge is 0.372 e. The predicted molar refractivity (Wildman–Crippen MR) is 240 cm³/mol. The van der Waals surface area contributed by atoms with Crippen LogP contribution in [0.2, 0.25) is 0 Å². The maximum absolute atomic E-state index is 13.9. The average Bonchev–Trinajstić information content (AvgIpc) is 3.27. The van der Waals surface area contributed by atoms with Gasteiger partial charge in [-0.05, 0) is 45.8 Å². The molecule has 0 N–H and O–H groups in total. The van der Waals surface area contributed by atoms with Crippen LogP contribution in [0.4, 0.5) is 11.4 Å². The zero-order valence-corrected chi connectivity index (χ0v) is 33.2. The molecule has 0 aliphatic carbocycles. The minimum atomic E-state index is -0.176. The van der Waals surface area contributed by atoms with Crippen molar-refractivity contribution in [2.45, 2.75) is 0 Å². The number of likely N-dealkylation sites (N-methyl/N-ethyl adjacent to an activating group) is 4. The molecule has 0 aliphatic heterocycles. The third-order valence-corrected chi connectivity index (χ3v) is 11.4. The van der Waals surface area contributed by atoms with Crippen molar-refractivity contribution in [1.82, 2.24) is 19.8 Å². The van der Waals surface area contributed by atoms with Gasteiger partial charge in [0.1, 0.15) is 11.4 Å². The second-order valence-electron chi connectivity index (χ2n) is 15.2. The fourth-order valence-electron chi connectivity index (χ4n) is 8.23. The first-order valence-electron chi connectivity index (χ1n) is 19.7. The van der Waals surface area contributed by atoms with E-state index >= 15 is 0 Å². The Balaban J connectivity index is 0.928. The van der Waals surface area contributed by atoms with Gasteiger partial charge in [-0.1, -0.05) is 121 Å². The number of aromatic nitrogens is 2. The second-order valence-corrected chi connectivity index (χ2v) is 15.2. The summed E-state index contributed by atoms with van der Waals surface area (Å²) in [5, 5.41) is 11.2. The molecule has 2 amide bonds. The molecule has 9 aromatic rings. The van der Waals surface area contributed by atoms with E-state index in [1.165, 1.54) is 43.1 Å². The van der Waals surface area contributed by atoms with Gasteiger partial charge in [-0.15, -0.1) is 0 Å². The third-order valence-electron chi connectivity index (χ3n) is 11.4. The molecule has 0 aliphatic rings. The lowest BCUT2D eigenvalue weighted by molar-refractivity contribution is 0.0786. The molecule has 2 heterocycles. The summed E-state index contributed by atoms with van der Waals surface area (Å²) < 4.78 is 0. The van der Waals surface area contributed by atoms with Crippen LogP contribution in [0.5, 0.6) is 0 Å². The van der Waals surface area contributed by atoms with E-state index in [2.05, 4.69) is 133 Å². The maximum atomic E-state index is 13.9. The highest BCUT2D eigenvalue weighted by molar-refractivity contribution is 6.13. The van der Waals surface area contributed by atoms with Crippen molar-refractivity contribution in [1.29, 1.82) is 0 Å². The lowest BCUT2D eigenvalue weighted by Crippen LogP contribution is -2.35. The molecule has 0 bridgehead atoms. The van der Waals surface area contributed by atoms with Crippen molar-refractivity contribution in [2.75, 3.05) is 64.2 Å². The van der Waals surface area contributed by atoms with Crippen LogP contribution in [-0.4, -0.2) is 86.0 Å². The minimum Gasteiger partial charge on any atom is -0.372 e. The maximum Gasteiger partial charge on any atom is 0.272 e. The van der Waals surface area contributed by atoms with Crippen LogP contribution < -0.4 is 9.80 Å². The molecule has 0 saturated carbocycles. The van der Waals surface area contributed by atoms with E-state index in [0.717, 1.165) is 22.1 Å². The molecule has 7 aromatic carbocycles. The normalized spacial score (nSPS) is 11.5. The number of amides is 2. The first kappa shape index (κ1) is 36.6. The Morgan fingerprint density at radius 1 is 0.397 bits per heavy atom. The van der Waals surface area contributed by atoms with Crippen molar-refractivity contribution in [3.8, 4) is 0 Å². The number of pyridine rings is 2. The Morgan fingerprint density at radius 3 is 1.05 bits per heavy atom. The molecular formula is C50H44N6O2. The highest BCUT2D eigenvalue weighted by atomic mass is 16.2. The number of carbonyl (C=O) groups is 2. The van der Waals surface area contributed by atoms with Crippen molar-refractivity contribution >= 4 is 88.1 Å². The Kier molecular flexibility index (Phi) is 9.53. The third kappa shape index (κ3) is 6.66. The number of anilines is 2. The monoisotopic (exact) mass is 760 g/mol. The average molecular weight is 761 g/mol. The summed E-state index contributed by atoms with van der Waals surface area (Å²) in [5.74, 6) is -0.352. The van der Waals surface area contributed by atoms with E-state index in [-0.39, 0.29) is 11.8 Å². The van der Waals surface area contributed by atoms with Gasteiger partial charge in [-0.3, -0.25) is 9.59 Å². The molecule has 8 nitrogen and oxygen atoms in total. The van der Waals surface area contributed by atoms with Crippen LogP contribution in [-0.2, 0) is 0 Å². The number of nitrogens with zero attached hydrogens (tertiary/aromatic N) is 6. The van der Waals surface area contributed by atoms with Gasteiger partial charge in [0.05, 0.1) is 22.4 Å². The Labute approximate surface area is 337 Å². The fourth-order valence-corrected chi connectivity index (χ4v) is 8.23. The van der Waals surface area contributed by atoms with Gasteiger partial charge in [0.15, 0.2) is 0 Å². The van der Waals surface area contributed by atoms with Gasteiger partial charge in [0.2, 0.25) is 0 Å². The minimum absolute atomic E-state index is 0.176. The lowest BCUT2D eigenvalue weighted by atomic mass is 10.0. The number of hydrogen-bond acceptors (Lipinski definition) is 6. The lowest BCUT2D eigenvalue weighted by Gasteiger charge is -2.26. The van der Waals surface area contributed by atoms with Gasteiger partial charge >= 0.3 is 0 Å². The zero-order chi connectivity index (χ0) is 39.9. The van der Waals surface area contributed by atoms with Crippen LogP contribution >= 0.6 is 0 Å². The highest BCUT2D eigenvalue weighted by Gasteiger charge is 2.20. The predicted octanol–water partition coefficient (Wildman–Crippen LogP) is 9.81. The van der Waals surface area contributed by atoms with Gasteiger partial charge in [-0.25, -0.2) is 9.97 Å². The smallest absolute Gasteiger partial charge is 0.272 e. The Bertz CT molecular complexity index is 2740. The quantitative estimate of drug-likeness (QED) is 0.102. The summed E-state index contributed by atoms with van der Waals surface area (Å²) in [7, 11) is 7.80. The van der Waals surface area contributed by atoms with E-state index in [9.17, 15) is 9.59 Å². The number of hydrogen-bond donors (Lipinski definition) is 0. The van der Waals surface area contributed by atoms with Gasteiger partial charge in [-0.2, -0.15) is 0 Å². The summed E-state index contributed by atoms with van der Waals surface area (Å²) >= 11 is 0. The summed E-state index contributed by atoms with van der Waals surface area (Å²) in [4.78, 5) is 45.5. The Morgan fingerprint density at radius 2 is 0.707 bits per heavy atom. The Hall–Kier alpha value is -7.06. The van der Waals surface area contributed by atoms with Crippen LogP contribution in [0, 0.1) is 0 Å². The van der Waals surface area contributed by atoms with E-state index in [0.29, 0.717) is 48.6 Å². The van der Waals surface area contributed by atoms with Crippen LogP contribution in [0.1, 0.15) is 21.0 Å². The first-order chi connectivity index (χ1) is 28.2. The topological polar surface area (TPSA) is 72.9 Å². The van der Waals surface area contributed by atoms with E-state index < -0.39 is 0 Å². The fraction of sp³-hybridized carbons (Fsp3) is 0.160. The van der Waals surface area contributed by atoms with Crippen molar-refractivity contribution in [3.63, 3.8) is 0 Å². The molecule has 9 rings (SSSR count). The summed E-state index contributed by atoms with van der Waals surface area (Å²) in [5.41, 5.74) is 4.16. The van der Waals surface area contributed by atoms with Crippen LogP contribution in [0.15, 0.2) is 146 Å². The van der Waals surface area contributed by atoms with E-state index in [4.69, 9.17) is 9.97 Å². The van der Waals surface area contributed by atoms with Crippen LogP contribution in [0.25, 0.3) is 64.9 Å². The summed E-state index contributed by atoms with van der Waals surface area (Å²) in [6, 6.07) is 49.5. The standard InChI is InChI=1S/C50H44N6O2/c1-53(47-39-17-9-5-13-35(39)31-36-14-6-10-18-40(36)47)27-29-55(3)49(57)43-25-23-33-21-22-34-24-26-44(52-46(34)45(33)51-43)50(58)56(4)30-28-54(2)48-41-19-11-7-15-37(41)32-38-16-8-12-20-42(38)48/h5-26,31-32H,27-30H2,1-4H3. The number of benzene rings is 7. The van der Waals surface area contributed by atoms with E-state index in [1.807, 2.05) is 38.4 Å². The van der Waals surface area contributed by atoms with Crippen molar-refractivity contribution < 1.29 is 9.59 Å². The SMILES string of the molecule is CN(CCN(C)c1c2ccccc2cc2ccccc12)C(=O)c1ccc2ccc3ccc(C(=O)N(C)CCN(C)c4c5ccccc5cc5ccccc45)nc3c2n1. The summed E-state index contributed by atoms with van der Waals surface area (Å²) in [6.45, 7) is 2.26. The second kappa shape index (κ2) is 15.1. The van der Waals surface area contributed by atoms with Gasteiger partial charge in [0, 0.05) is 86.7 Å². The molecule has 8 heteroatoms. The van der Waals surface area contributed by atoms with Crippen molar-refractivity contribution in [3.05, 3.63) is 157 Å². The molecule has 58 heavy (non-hydrogen) atoms. The van der Waals surface area contributed by atoms with Crippen LogP contribution in [0.3, 0.4) is 0 Å². The molecular weight excluding hydrogens is 717 g/mol. The van der Waals surface area contributed by atoms with E-state index in [1.54, 1.807) is 21.9 Å². The van der Waals surface area contributed by atoms with Gasteiger partial charge < -0.3 is 19.6 Å². The molecule has 0 fully saturated rings. The molecule has 0 saturated heterocycles. The van der Waals surface area contributed by atoms with Crippen molar-refractivity contribution in [2.24, 2.45) is 0 Å². The number of carbonyl (C=O) groups excluding carboxylic acids is 2. The number of fused-ring (bicyclic) bond motifs is 7. The summed E-state index contributed by atoms with van der Waals surface area (Å²) in [6.07, 6.45) is 0. The molecule has 0 radical (unpaired) electrons. The molecule has 0 unspecified atom stereocenters. The molecule has 0 spiro atoms. The molecule has 286 valence electrons.